The van der Waals surface area contributed by atoms with Gasteiger partial charge in [-0.3, -0.25) is 4.79 Å². The van der Waals surface area contributed by atoms with E-state index >= 15 is 0 Å². The van der Waals surface area contributed by atoms with Crippen LogP contribution in [0.1, 0.15) is 219 Å². The molecule has 0 aromatic heterocycles. The summed E-state index contributed by atoms with van der Waals surface area (Å²) in [6.45, 7) is 4.18. The van der Waals surface area contributed by atoms with Crippen LogP contribution in [0.5, 0.6) is 0 Å². The minimum atomic E-state index is -1.13. The molecule has 0 aliphatic carbocycles. The highest BCUT2D eigenvalue weighted by atomic mass is 16.3. The van der Waals surface area contributed by atoms with Crippen molar-refractivity contribution in [2.45, 2.75) is 238 Å². The summed E-state index contributed by atoms with van der Waals surface area (Å²) in [6.07, 6.45) is 37.7. The third-order valence-corrected chi connectivity index (χ3v) is 9.46. The Morgan fingerprint density at radius 2 is 0.773 bits per heavy atom. The number of carbonyl (C=O) groups is 1. The molecule has 264 valence electrons. The fourth-order valence-electron chi connectivity index (χ4n) is 6.34. The standard InChI is InChI=1S/C39H79NO4/c1-3-5-7-9-11-13-15-17-18-19-20-21-22-24-26-28-30-32-34-38(43)40-36(35-41)39(44)37(42)33-31-29-27-25-23-16-14-12-10-8-6-4-2/h36-37,39,41-42,44H,3-35H2,1-2H3,(H,40,43). The van der Waals surface area contributed by atoms with Gasteiger partial charge in [0.15, 0.2) is 0 Å². The molecule has 0 saturated heterocycles. The molecule has 0 fully saturated rings. The Balaban J connectivity index is 3.61. The van der Waals surface area contributed by atoms with Crippen molar-refractivity contribution < 1.29 is 20.1 Å². The third-order valence-electron chi connectivity index (χ3n) is 9.46. The third kappa shape index (κ3) is 30.0. The predicted molar refractivity (Wildman–Crippen MR) is 190 cm³/mol. The lowest BCUT2D eigenvalue weighted by Crippen LogP contribution is -2.50. The maximum absolute atomic E-state index is 12.4. The van der Waals surface area contributed by atoms with Gasteiger partial charge in [0.2, 0.25) is 5.91 Å². The molecule has 44 heavy (non-hydrogen) atoms. The van der Waals surface area contributed by atoms with Crippen molar-refractivity contribution in [1.82, 2.24) is 5.32 Å². The molecule has 3 unspecified atom stereocenters. The summed E-state index contributed by atoms with van der Waals surface area (Å²) in [5.74, 6) is -0.142. The number of aliphatic hydroxyl groups is 3. The van der Waals surface area contributed by atoms with Crippen molar-refractivity contribution in [3.63, 3.8) is 0 Å². The molecule has 1 amide bonds. The molecule has 0 heterocycles. The molecule has 0 spiro atoms. The molecule has 5 heteroatoms. The number of rotatable bonds is 36. The van der Waals surface area contributed by atoms with Gasteiger partial charge in [-0.2, -0.15) is 0 Å². The van der Waals surface area contributed by atoms with E-state index in [4.69, 9.17) is 0 Å². The average Bonchev–Trinajstić information content (AvgIpc) is 3.03. The Kier molecular flexibility index (Phi) is 34.7. The lowest BCUT2D eigenvalue weighted by atomic mass is 9.99. The summed E-state index contributed by atoms with van der Waals surface area (Å²) >= 11 is 0. The average molecular weight is 626 g/mol. The van der Waals surface area contributed by atoms with Crippen LogP contribution in [-0.2, 0) is 4.79 Å². The van der Waals surface area contributed by atoms with E-state index < -0.39 is 18.2 Å². The number of nitrogens with one attached hydrogen (secondary N) is 1. The summed E-state index contributed by atoms with van der Waals surface area (Å²) in [6, 6.07) is -0.801. The van der Waals surface area contributed by atoms with E-state index in [0.29, 0.717) is 12.8 Å². The monoisotopic (exact) mass is 626 g/mol. The van der Waals surface area contributed by atoms with Gasteiger partial charge in [0.25, 0.3) is 0 Å². The van der Waals surface area contributed by atoms with E-state index in [-0.39, 0.29) is 12.5 Å². The number of hydrogen-bond donors (Lipinski definition) is 4. The van der Waals surface area contributed by atoms with Crippen molar-refractivity contribution in [2.24, 2.45) is 0 Å². The molecule has 0 aliphatic heterocycles. The van der Waals surface area contributed by atoms with Crippen molar-refractivity contribution >= 4 is 5.91 Å². The molecule has 4 N–H and O–H groups in total. The summed E-state index contributed by atoms with van der Waals surface area (Å²) in [5.41, 5.74) is 0. The Morgan fingerprint density at radius 1 is 0.477 bits per heavy atom. The maximum Gasteiger partial charge on any atom is 0.220 e. The quantitative estimate of drug-likeness (QED) is 0.0521. The van der Waals surface area contributed by atoms with Crippen LogP contribution >= 0.6 is 0 Å². The normalized spacial score (nSPS) is 13.7. The highest BCUT2D eigenvalue weighted by molar-refractivity contribution is 5.76. The van der Waals surface area contributed by atoms with Gasteiger partial charge >= 0.3 is 0 Å². The molecule has 0 aliphatic rings. The number of amides is 1. The minimum Gasteiger partial charge on any atom is -0.394 e. The minimum absolute atomic E-state index is 0.142. The van der Waals surface area contributed by atoms with Crippen LogP contribution in [0.3, 0.4) is 0 Å². The first-order chi connectivity index (χ1) is 21.6. The first-order valence-corrected chi connectivity index (χ1v) is 19.8. The first kappa shape index (κ1) is 43.4. The topological polar surface area (TPSA) is 89.8 Å². The smallest absolute Gasteiger partial charge is 0.220 e. The second-order valence-corrected chi connectivity index (χ2v) is 13.9. The van der Waals surface area contributed by atoms with Crippen LogP contribution in [0.25, 0.3) is 0 Å². The molecular formula is C39H79NO4. The van der Waals surface area contributed by atoms with Crippen molar-refractivity contribution in [3.8, 4) is 0 Å². The van der Waals surface area contributed by atoms with Crippen LogP contribution in [0, 0.1) is 0 Å². The first-order valence-electron chi connectivity index (χ1n) is 19.8. The fraction of sp³-hybridized carbons (Fsp3) is 0.974. The molecule has 0 radical (unpaired) electrons. The molecular weight excluding hydrogens is 546 g/mol. The van der Waals surface area contributed by atoms with Gasteiger partial charge in [-0.1, -0.05) is 200 Å². The zero-order valence-corrected chi connectivity index (χ0v) is 29.8. The summed E-state index contributed by atoms with van der Waals surface area (Å²) in [5, 5.41) is 33.4. The second-order valence-electron chi connectivity index (χ2n) is 13.9. The predicted octanol–water partition coefficient (Wildman–Crippen LogP) is 10.7. The van der Waals surface area contributed by atoms with E-state index in [9.17, 15) is 20.1 Å². The highest BCUT2D eigenvalue weighted by Gasteiger charge is 2.26. The van der Waals surface area contributed by atoms with E-state index in [0.717, 1.165) is 38.5 Å². The van der Waals surface area contributed by atoms with Gasteiger partial charge in [0, 0.05) is 6.42 Å². The van der Waals surface area contributed by atoms with E-state index in [2.05, 4.69) is 19.2 Å². The Morgan fingerprint density at radius 3 is 1.09 bits per heavy atom. The number of carbonyl (C=O) groups excluding carboxylic acids is 1. The lowest BCUT2D eigenvalue weighted by Gasteiger charge is -2.26. The number of hydrogen-bond acceptors (Lipinski definition) is 4. The van der Waals surface area contributed by atoms with Gasteiger partial charge in [-0.05, 0) is 12.8 Å². The zero-order valence-electron chi connectivity index (χ0n) is 29.8. The van der Waals surface area contributed by atoms with Gasteiger partial charge in [0.1, 0.15) is 6.10 Å². The fourth-order valence-corrected chi connectivity index (χ4v) is 6.34. The summed E-state index contributed by atoms with van der Waals surface area (Å²) < 4.78 is 0. The Hall–Kier alpha value is -0.650. The van der Waals surface area contributed by atoms with Crippen molar-refractivity contribution in [2.75, 3.05) is 6.61 Å². The highest BCUT2D eigenvalue weighted by Crippen LogP contribution is 2.16. The van der Waals surface area contributed by atoms with Crippen molar-refractivity contribution in [3.05, 3.63) is 0 Å². The Labute approximate surface area is 275 Å². The lowest BCUT2D eigenvalue weighted by molar-refractivity contribution is -0.124. The SMILES string of the molecule is CCCCCCCCCCCCCCCCCCCCC(=O)NC(CO)C(O)C(O)CCCCCCCCCCCCCC. The van der Waals surface area contributed by atoms with Crippen LogP contribution in [-0.4, -0.2) is 46.1 Å². The van der Waals surface area contributed by atoms with Crippen LogP contribution in [0.2, 0.25) is 0 Å². The molecule has 5 nitrogen and oxygen atoms in total. The van der Waals surface area contributed by atoms with Gasteiger partial charge in [-0.25, -0.2) is 0 Å². The largest absolute Gasteiger partial charge is 0.394 e. The molecule has 0 bridgehead atoms. The van der Waals surface area contributed by atoms with E-state index in [1.165, 1.54) is 154 Å². The van der Waals surface area contributed by atoms with Crippen LogP contribution in [0.4, 0.5) is 0 Å². The number of unbranched alkanes of at least 4 members (excludes halogenated alkanes) is 28. The molecule has 0 rings (SSSR count). The van der Waals surface area contributed by atoms with Gasteiger partial charge in [0.05, 0.1) is 18.8 Å². The van der Waals surface area contributed by atoms with E-state index in [1.54, 1.807) is 0 Å². The van der Waals surface area contributed by atoms with E-state index in [1.807, 2.05) is 0 Å². The van der Waals surface area contributed by atoms with Crippen molar-refractivity contribution in [1.29, 1.82) is 0 Å². The van der Waals surface area contributed by atoms with Gasteiger partial charge in [-0.15, -0.1) is 0 Å². The number of aliphatic hydroxyl groups excluding tert-OH is 3. The molecule has 3 atom stereocenters. The molecule has 0 aromatic rings. The van der Waals surface area contributed by atoms with Crippen LogP contribution in [0.15, 0.2) is 0 Å². The second kappa shape index (κ2) is 35.2. The molecule has 0 saturated carbocycles. The zero-order chi connectivity index (χ0) is 32.4. The van der Waals surface area contributed by atoms with Crippen LogP contribution < -0.4 is 5.32 Å². The summed E-state index contributed by atoms with van der Waals surface area (Å²) in [4.78, 5) is 12.4. The van der Waals surface area contributed by atoms with Gasteiger partial charge < -0.3 is 20.6 Å². The molecule has 0 aromatic carbocycles. The summed E-state index contributed by atoms with van der Waals surface area (Å²) in [7, 11) is 0. The maximum atomic E-state index is 12.4. The Bertz CT molecular complexity index is 572.